The van der Waals surface area contributed by atoms with Gasteiger partial charge in [0.2, 0.25) is 5.91 Å². The molecule has 1 unspecified atom stereocenters. The molecule has 0 bridgehead atoms. The van der Waals surface area contributed by atoms with E-state index in [9.17, 15) is 9.18 Å². The number of methoxy groups -OCH3 is 1. The van der Waals surface area contributed by atoms with Crippen LogP contribution in [0.25, 0.3) is 0 Å². The van der Waals surface area contributed by atoms with Crippen molar-refractivity contribution in [3.8, 4) is 5.75 Å². The van der Waals surface area contributed by atoms with E-state index in [0.717, 1.165) is 25.1 Å². The normalized spacial score (nSPS) is 15.1. The number of aryl methyl sites for hydroxylation is 1. The van der Waals surface area contributed by atoms with E-state index >= 15 is 0 Å². The summed E-state index contributed by atoms with van der Waals surface area (Å²) >= 11 is 0. The summed E-state index contributed by atoms with van der Waals surface area (Å²) in [6.07, 6.45) is 1.91. The molecule has 1 atom stereocenters. The summed E-state index contributed by atoms with van der Waals surface area (Å²) < 4.78 is 18.6. The van der Waals surface area contributed by atoms with Crippen LogP contribution in [0.4, 0.5) is 4.39 Å². The van der Waals surface area contributed by atoms with Crippen molar-refractivity contribution >= 4 is 5.91 Å². The third-order valence-corrected chi connectivity index (χ3v) is 5.24. The van der Waals surface area contributed by atoms with E-state index in [1.807, 2.05) is 0 Å². The Kier molecular flexibility index (Phi) is 6.45. The second-order valence-corrected chi connectivity index (χ2v) is 7.11. The minimum Gasteiger partial charge on any atom is -0.494 e. The lowest BCUT2D eigenvalue weighted by atomic mass is 9.99. The van der Waals surface area contributed by atoms with Crippen molar-refractivity contribution in [2.45, 2.75) is 38.8 Å². The van der Waals surface area contributed by atoms with E-state index in [-0.39, 0.29) is 17.7 Å². The molecule has 2 aromatic rings. The Morgan fingerprint density at radius 2 is 2.04 bits per heavy atom. The Hall–Kier alpha value is -2.40. The van der Waals surface area contributed by atoms with Gasteiger partial charge in [0.25, 0.3) is 0 Å². The number of hydrogen-bond acceptors (Lipinski definition) is 3. The summed E-state index contributed by atoms with van der Waals surface area (Å²) in [7, 11) is 1.44. The maximum atomic E-state index is 13.7. The van der Waals surface area contributed by atoms with Crippen molar-refractivity contribution in [3.05, 3.63) is 65.0 Å². The average molecular weight is 370 g/mol. The molecule has 5 heteroatoms. The van der Waals surface area contributed by atoms with Crippen LogP contribution in [-0.4, -0.2) is 37.0 Å². The number of rotatable bonds is 7. The fourth-order valence-electron chi connectivity index (χ4n) is 3.50. The first-order valence-corrected chi connectivity index (χ1v) is 9.46. The van der Waals surface area contributed by atoms with Gasteiger partial charge in [-0.05, 0) is 48.6 Å². The molecule has 0 spiro atoms. The van der Waals surface area contributed by atoms with Crippen LogP contribution in [0.15, 0.2) is 42.5 Å². The zero-order valence-corrected chi connectivity index (χ0v) is 16.0. The first-order chi connectivity index (χ1) is 13.1. The summed E-state index contributed by atoms with van der Waals surface area (Å²) in [5, 5.41) is 3.01. The summed E-state index contributed by atoms with van der Waals surface area (Å²) in [6, 6.07) is 13.6. The number of ether oxygens (including phenoxy) is 1. The minimum absolute atomic E-state index is 0.00418. The van der Waals surface area contributed by atoms with Crippen molar-refractivity contribution in [2.75, 3.05) is 20.2 Å². The van der Waals surface area contributed by atoms with Crippen molar-refractivity contribution in [3.63, 3.8) is 0 Å². The maximum Gasteiger partial charge on any atom is 0.220 e. The Morgan fingerprint density at radius 1 is 1.26 bits per heavy atom. The highest BCUT2D eigenvalue weighted by Crippen LogP contribution is 2.20. The molecule has 0 saturated heterocycles. The zero-order valence-electron chi connectivity index (χ0n) is 16.0. The molecule has 4 nitrogen and oxygen atoms in total. The number of carbonyl (C=O) groups excluding carboxylic acids is 1. The highest BCUT2D eigenvalue weighted by atomic mass is 19.1. The Labute approximate surface area is 160 Å². The predicted molar refractivity (Wildman–Crippen MR) is 104 cm³/mol. The third-order valence-electron chi connectivity index (χ3n) is 5.24. The molecule has 1 aliphatic heterocycles. The Balaban J connectivity index is 1.43. The number of nitrogens with zero attached hydrogens (tertiary/aromatic N) is 1. The summed E-state index contributed by atoms with van der Waals surface area (Å²) in [5.41, 5.74) is 3.60. The van der Waals surface area contributed by atoms with Crippen LogP contribution >= 0.6 is 0 Å². The molecule has 3 rings (SSSR count). The van der Waals surface area contributed by atoms with Gasteiger partial charge in [-0.25, -0.2) is 4.39 Å². The minimum atomic E-state index is -0.394. The Bertz CT molecular complexity index is 794. The van der Waals surface area contributed by atoms with Gasteiger partial charge in [-0.1, -0.05) is 30.3 Å². The Morgan fingerprint density at radius 3 is 2.78 bits per heavy atom. The van der Waals surface area contributed by atoms with Gasteiger partial charge in [0, 0.05) is 32.1 Å². The molecule has 27 heavy (non-hydrogen) atoms. The number of benzene rings is 2. The number of carbonyl (C=O) groups is 1. The van der Waals surface area contributed by atoms with Gasteiger partial charge in [-0.2, -0.15) is 0 Å². The van der Waals surface area contributed by atoms with Gasteiger partial charge in [0.15, 0.2) is 11.6 Å². The molecule has 2 aromatic carbocycles. The van der Waals surface area contributed by atoms with Crippen molar-refractivity contribution in [2.24, 2.45) is 0 Å². The lowest BCUT2D eigenvalue weighted by molar-refractivity contribution is -0.121. The van der Waals surface area contributed by atoms with E-state index in [1.54, 1.807) is 12.1 Å². The van der Waals surface area contributed by atoms with E-state index in [2.05, 4.69) is 41.4 Å². The van der Waals surface area contributed by atoms with Crippen LogP contribution in [0.2, 0.25) is 0 Å². The van der Waals surface area contributed by atoms with E-state index in [4.69, 9.17) is 4.74 Å². The molecule has 144 valence electrons. The van der Waals surface area contributed by atoms with Gasteiger partial charge >= 0.3 is 0 Å². The van der Waals surface area contributed by atoms with Gasteiger partial charge in [-0.15, -0.1) is 0 Å². The van der Waals surface area contributed by atoms with Crippen LogP contribution in [0.5, 0.6) is 5.75 Å². The van der Waals surface area contributed by atoms with Crippen molar-refractivity contribution < 1.29 is 13.9 Å². The third kappa shape index (κ3) is 5.07. The second-order valence-electron chi connectivity index (χ2n) is 7.11. The van der Waals surface area contributed by atoms with Crippen LogP contribution in [0.3, 0.4) is 0 Å². The molecular weight excluding hydrogens is 343 g/mol. The molecule has 0 radical (unpaired) electrons. The second kappa shape index (κ2) is 9.00. The highest BCUT2D eigenvalue weighted by molar-refractivity contribution is 5.76. The van der Waals surface area contributed by atoms with Crippen molar-refractivity contribution in [1.29, 1.82) is 0 Å². The molecule has 0 fully saturated rings. The topological polar surface area (TPSA) is 41.6 Å². The van der Waals surface area contributed by atoms with Gasteiger partial charge in [0.1, 0.15) is 0 Å². The van der Waals surface area contributed by atoms with Crippen LogP contribution in [-0.2, 0) is 24.2 Å². The van der Waals surface area contributed by atoms with Crippen LogP contribution < -0.4 is 10.1 Å². The lowest BCUT2D eigenvalue weighted by Crippen LogP contribution is -2.44. The average Bonchev–Trinajstić information content (AvgIpc) is 2.70. The van der Waals surface area contributed by atoms with Crippen molar-refractivity contribution in [1.82, 2.24) is 10.2 Å². The number of amides is 1. The quantitative estimate of drug-likeness (QED) is 0.813. The SMILES string of the molecule is COc1ccc(CCC(=O)NCC(C)N2CCc3ccccc3C2)cc1F. The molecule has 0 saturated carbocycles. The molecule has 0 aliphatic carbocycles. The lowest BCUT2D eigenvalue weighted by Gasteiger charge is -2.33. The molecule has 1 N–H and O–H groups in total. The van der Waals surface area contributed by atoms with Gasteiger partial charge in [-0.3, -0.25) is 9.69 Å². The molecule has 1 aliphatic rings. The molecular formula is C22H27FN2O2. The number of nitrogens with one attached hydrogen (secondary N) is 1. The van der Waals surface area contributed by atoms with E-state index < -0.39 is 5.82 Å². The largest absolute Gasteiger partial charge is 0.494 e. The highest BCUT2D eigenvalue weighted by Gasteiger charge is 2.20. The monoisotopic (exact) mass is 370 g/mol. The smallest absolute Gasteiger partial charge is 0.220 e. The molecule has 1 heterocycles. The fraction of sp³-hybridized carbons (Fsp3) is 0.409. The fourth-order valence-corrected chi connectivity index (χ4v) is 3.50. The van der Waals surface area contributed by atoms with E-state index in [1.165, 1.54) is 24.3 Å². The van der Waals surface area contributed by atoms with Gasteiger partial charge < -0.3 is 10.1 Å². The predicted octanol–water partition coefficient (Wildman–Crippen LogP) is 3.33. The van der Waals surface area contributed by atoms with Gasteiger partial charge in [0.05, 0.1) is 7.11 Å². The zero-order chi connectivity index (χ0) is 19.2. The number of fused-ring (bicyclic) bond motifs is 1. The maximum absolute atomic E-state index is 13.7. The molecule has 1 amide bonds. The van der Waals surface area contributed by atoms with Crippen LogP contribution in [0, 0.1) is 5.82 Å². The standard InChI is InChI=1S/C22H27FN2O2/c1-16(25-12-11-18-5-3-4-6-19(18)15-25)14-24-22(26)10-8-17-7-9-21(27-2)20(23)13-17/h3-7,9,13,16H,8,10-12,14-15H2,1-2H3,(H,24,26). The summed E-state index contributed by atoms with van der Waals surface area (Å²) in [6.45, 7) is 4.71. The van der Waals surface area contributed by atoms with E-state index in [0.29, 0.717) is 19.4 Å². The first kappa shape index (κ1) is 19.4. The molecule has 0 aromatic heterocycles. The number of halogens is 1. The first-order valence-electron chi connectivity index (χ1n) is 9.46. The summed E-state index contributed by atoms with van der Waals surface area (Å²) in [5.74, 6) is -0.176. The van der Waals surface area contributed by atoms with Crippen LogP contribution in [0.1, 0.15) is 30.0 Å². The summed E-state index contributed by atoms with van der Waals surface area (Å²) in [4.78, 5) is 14.6. The number of hydrogen-bond donors (Lipinski definition) is 1.